The zero-order valence-electron chi connectivity index (χ0n) is 15.9. The van der Waals surface area contributed by atoms with Crippen LogP contribution in [0.5, 0.6) is 11.5 Å². The minimum absolute atomic E-state index is 0.0807. The van der Waals surface area contributed by atoms with Crippen LogP contribution in [0.15, 0.2) is 30.3 Å². The third-order valence-electron chi connectivity index (χ3n) is 4.13. The highest BCUT2D eigenvalue weighted by molar-refractivity contribution is 5.97. The van der Waals surface area contributed by atoms with Crippen molar-refractivity contribution in [3.05, 3.63) is 57.1 Å². The Hall–Kier alpha value is -3.62. The molecule has 9 heteroatoms. The molecule has 0 spiro atoms. The monoisotopic (exact) mass is 388 g/mol. The molecule has 0 heterocycles. The molecule has 2 aromatic carbocycles. The quantitative estimate of drug-likeness (QED) is 0.440. The van der Waals surface area contributed by atoms with Gasteiger partial charge in [-0.25, -0.2) is 4.79 Å². The summed E-state index contributed by atoms with van der Waals surface area (Å²) in [6.07, 6.45) is 0. The van der Waals surface area contributed by atoms with Crippen LogP contribution in [0, 0.1) is 24.0 Å². The van der Waals surface area contributed by atoms with E-state index in [0.29, 0.717) is 17.1 Å². The lowest BCUT2D eigenvalue weighted by molar-refractivity contribution is -0.384. The fourth-order valence-corrected chi connectivity index (χ4v) is 2.46. The van der Waals surface area contributed by atoms with E-state index in [0.717, 1.165) is 5.56 Å². The molecular formula is C19H20N2O7. The van der Waals surface area contributed by atoms with Crippen molar-refractivity contribution in [1.29, 1.82) is 0 Å². The Morgan fingerprint density at radius 1 is 1.07 bits per heavy atom. The number of benzene rings is 2. The van der Waals surface area contributed by atoms with Gasteiger partial charge in [0.2, 0.25) is 0 Å². The first-order valence-electron chi connectivity index (χ1n) is 8.22. The predicted octanol–water partition coefficient (Wildman–Crippen LogP) is 3.02. The molecule has 0 saturated carbocycles. The number of carbonyl (C=O) groups is 2. The van der Waals surface area contributed by atoms with E-state index >= 15 is 0 Å². The Kier molecular flexibility index (Phi) is 6.54. The average molecular weight is 388 g/mol. The van der Waals surface area contributed by atoms with Crippen molar-refractivity contribution in [2.24, 2.45) is 0 Å². The van der Waals surface area contributed by atoms with Gasteiger partial charge in [0.05, 0.1) is 24.7 Å². The van der Waals surface area contributed by atoms with Crippen LogP contribution < -0.4 is 14.8 Å². The van der Waals surface area contributed by atoms with E-state index in [1.165, 1.54) is 38.5 Å². The molecule has 28 heavy (non-hydrogen) atoms. The number of hydrogen-bond acceptors (Lipinski definition) is 7. The highest BCUT2D eigenvalue weighted by atomic mass is 16.6. The molecule has 2 aromatic rings. The topological polar surface area (TPSA) is 117 Å². The smallest absolute Gasteiger partial charge is 0.338 e. The summed E-state index contributed by atoms with van der Waals surface area (Å²) in [4.78, 5) is 34.9. The lowest BCUT2D eigenvalue weighted by Crippen LogP contribution is -2.22. The van der Waals surface area contributed by atoms with E-state index in [9.17, 15) is 19.7 Å². The van der Waals surface area contributed by atoms with Crippen LogP contribution in [0.1, 0.15) is 21.5 Å². The van der Waals surface area contributed by atoms with Crippen LogP contribution in [-0.2, 0) is 9.53 Å². The minimum Gasteiger partial charge on any atom is -0.493 e. The summed E-state index contributed by atoms with van der Waals surface area (Å²) in [5, 5.41) is 13.6. The van der Waals surface area contributed by atoms with E-state index in [1.807, 2.05) is 0 Å². The van der Waals surface area contributed by atoms with Gasteiger partial charge in [-0.3, -0.25) is 14.9 Å². The van der Waals surface area contributed by atoms with Gasteiger partial charge >= 0.3 is 5.97 Å². The van der Waals surface area contributed by atoms with Crippen LogP contribution >= 0.6 is 0 Å². The SMILES string of the molecule is COc1ccc(C(=O)OCC(=O)Nc2c([N+](=O)[O-])ccc(C)c2C)cc1OC. The maximum absolute atomic E-state index is 12.2. The van der Waals surface area contributed by atoms with Gasteiger partial charge in [0, 0.05) is 6.07 Å². The number of esters is 1. The number of carbonyl (C=O) groups excluding carboxylic acids is 2. The number of aryl methyl sites for hydroxylation is 1. The van der Waals surface area contributed by atoms with Gasteiger partial charge in [-0.2, -0.15) is 0 Å². The fraction of sp³-hybridized carbons (Fsp3) is 0.263. The van der Waals surface area contributed by atoms with Gasteiger partial charge in [-0.15, -0.1) is 0 Å². The third-order valence-corrected chi connectivity index (χ3v) is 4.13. The number of methoxy groups -OCH3 is 2. The third kappa shape index (κ3) is 4.56. The normalized spacial score (nSPS) is 10.1. The molecule has 0 aliphatic rings. The Morgan fingerprint density at radius 3 is 2.36 bits per heavy atom. The number of rotatable bonds is 7. The number of nitrogens with zero attached hydrogens (tertiary/aromatic N) is 1. The number of ether oxygens (including phenoxy) is 3. The predicted molar refractivity (Wildman–Crippen MR) is 101 cm³/mol. The fourth-order valence-electron chi connectivity index (χ4n) is 2.46. The molecule has 0 bridgehead atoms. The van der Waals surface area contributed by atoms with Crippen LogP contribution in [-0.4, -0.2) is 37.6 Å². The molecule has 1 N–H and O–H groups in total. The van der Waals surface area contributed by atoms with E-state index in [1.54, 1.807) is 19.9 Å². The Balaban J connectivity index is 2.08. The maximum Gasteiger partial charge on any atom is 0.338 e. The van der Waals surface area contributed by atoms with E-state index in [4.69, 9.17) is 14.2 Å². The van der Waals surface area contributed by atoms with Crippen molar-refractivity contribution in [3.63, 3.8) is 0 Å². The van der Waals surface area contributed by atoms with Gasteiger partial charge in [-0.1, -0.05) is 6.07 Å². The first kappa shape index (κ1) is 20.7. The van der Waals surface area contributed by atoms with Gasteiger partial charge in [-0.05, 0) is 43.2 Å². The van der Waals surface area contributed by atoms with Crippen molar-refractivity contribution in [2.45, 2.75) is 13.8 Å². The van der Waals surface area contributed by atoms with Crippen molar-refractivity contribution >= 4 is 23.3 Å². The number of amides is 1. The second kappa shape index (κ2) is 8.85. The first-order valence-corrected chi connectivity index (χ1v) is 8.22. The summed E-state index contributed by atoms with van der Waals surface area (Å²) in [5.41, 5.74) is 1.36. The first-order chi connectivity index (χ1) is 13.3. The standard InChI is InChI=1S/C19H20N2O7/c1-11-5-7-14(21(24)25)18(12(11)2)20-17(22)10-28-19(23)13-6-8-15(26-3)16(9-13)27-4/h5-9H,10H2,1-4H3,(H,20,22). The molecule has 0 saturated heterocycles. The molecule has 2 rings (SSSR count). The molecule has 1 amide bonds. The van der Waals surface area contributed by atoms with Crippen LogP contribution in [0.3, 0.4) is 0 Å². The highest BCUT2D eigenvalue weighted by Crippen LogP contribution is 2.30. The van der Waals surface area contributed by atoms with E-state index in [2.05, 4.69) is 5.32 Å². The summed E-state index contributed by atoms with van der Waals surface area (Å²) in [6, 6.07) is 7.34. The van der Waals surface area contributed by atoms with Crippen LogP contribution in [0.2, 0.25) is 0 Å². The van der Waals surface area contributed by atoms with Crippen LogP contribution in [0.4, 0.5) is 11.4 Å². The molecule has 0 aliphatic carbocycles. The highest BCUT2D eigenvalue weighted by Gasteiger charge is 2.20. The van der Waals surface area contributed by atoms with Gasteiger partial charge in [0.1, 0.15) is 5.69 Å². The van der Waals surface area contributed by atoms with Gasteiger partial charge < -0.3 is 19.5 Å². The van der Waals surface area contributed by atoms with E-state index in [-0.39, 0.29) is 16.9 Å². The molecule has 0 atom stereocenters. The van der Waals surface area contributed by atoms with Crippen molar-refractivity contribution < 1.29 is 28.7 Å². The number of nitrogens with one attached hydrogen (secondary N) is 1. The summed E-state index contributed by atoms with van der Waals surface area (Å²) in [6.45, 7) is 2.83. The van der Waals surface area contributed by atoms with Crippen molar-refractivity contribution in [2.75, 3.05) is 26.1 Å². The van der Waals surface area contributed by atoms with E-state index < -0.39 is 23.4 Å². The average Bonchev–Trinajstić information content (AvgIpc) is 2.68. The van der Waals surface area contributed by atoms with Gasteiger partial charge in [0.25, 0.3) is 11.6 Å². The molecule has 0 unspecified atom stereocenters. The Bertz CT molecular complexity index is 925. The maximum atomic E-state index is 12.2. The number of anilines is 1. The lowest BCUT2D eigenvalue weighted by Gasteiger charge is -2.12. The molecule has 9 nitrogen and oxygen atoms in total. The zero-order chi connectivity index (χ0) is 20.8. The largest absolute Gasteiger partial charge is 0.493 e. The summed E-state index contributed by atoms with van der Waals surface area (Å²) in [7, 11) is 2.89. The number of hydrogen-bond donors (Lipinski definition) is 1. The molecule has 0 aliphatic heterocycles. The number of nitro benzene ring substituents is 1. The second-order valence-electron chi connectivity index (χ2n) is 5.85. The Labute approximate surface area is 161 Å². The van der Waals surface area contributed by atoms with Crippen molar-refractivity contribution in [1.82, 2.24) is 0 Å². The summed E-state index contributed by atoms with van der Waals surface area (Å²) in [5.74, 6) is -0.649. The molecule has 0 radical (unpaired) electrons. The lowest BCUT2D eigenvalue weighted by atomic mass is 10.1. The van der Waals surface area contributed by atoms with Gasteiger partial charge in [0.15, 0.2) is 18.1 Å². The molecule has 0 aromatic heterocycles. The van der Waals surface area contributed by atoms with Crippen molar-refractivity contribution in [3.8, 4) is 11.5 Å². The van der Waals surface area contributed by atoms with Crippen LogP contribution in [0.25, 0.3) is 0 Å². The second-order valence-corrected chi connectivity index (χ2v) is 5.85. The zero-order valence-corrected chi connectivity index (χ0v) is 15.9. The molecular weight excluding hydrogens is 368 g/mol. The summed E-state index contributed by atoms with van der Waals surface area (Å²) < 4.78 is 15.2. The minimum atomic E-state index is -0.744. The number of nitro groups is 1. The molecule has 0 fully saturated rings. The molecule has 148 valence electrons. The summed E-state index contributed by atoms with van der Waals surface area (Å²) >= 11 is 0. The Morgan fingerprint density at radius 2 is 1.75 bits per heavy atom.